The fraction of sp³-hybridized carbons (Fsp3) is 0.417. The van der Waals surface area contributed by atoms with Crippen molar-refractivity contribution in [1.29, 1.82) is 0 Å². The van der Waals surface area contributed by atoms with Gasteiger partial charge in [-0.3, -0.25) is 0 Å². The van der Waals surface area contributed by atoms with Crippen LogP contribution in [0.25, 0.3) is 10.9 Å². The molecule has 0 saturated carbocycles. The Morgan fingerprint density at radius 2 is 1.67 bits per heavy atom. The van der Waals surface area contributed by atoms with E-state index in [1.165, 1.54) is 10.9 Å². The molecule has 0 unspecified atom stereocenters. The number of benzene rings is 1. The van der Waals surface area contributed by atoms with Crippen molar-refractivity contribution < 1.29 is 4.89 Å². The number of nitrogens with zero attached hydrogens (tertiary/aromatic N) is 4. The van der Waals surface area contributed by atoms with E-state index in [0.717, 1.165) is 68.1 Å². The van der Waals surface area contributed by atoms with Gasteiger partial charge >= 0.3 is 162 Å². The molecule has 1 fully saturated rings. The van der Waals surface area contributed by atoms with E-state index in [9.17, 15) is 4.89 Å². The predicted molar refractivity (Wildman–Crippen MR) is 130 cm³/mol. The molecule has 3 aromatic rings. The van der Waals surface area contributed by atoms with Gasteiger partial charge in [0.1, 0.15) is 0 Å². The zero-order valence-corrected chi connectivity index (χ0v) is 19.1. The molecule has 0 radical (unpaired) electrons. The zero-order valence-electron chi connectivity index (χ0n) is 18.1. The molecular formula is C24H33N4OP. The van der Waals surface area contributed by atoms with Crippen molar-refractivity contribution in [2.75, 3.05) is 49.9 Å². The number of anilines is 1. The number of pyridine rings is 2. The summed E-state index contributed by atoms with van der Waals surface area (Å²) in [6.07, 6.45) is 6.38. The topological polar surface area (TPSA) is 52.5 Å². The monoisotopic (exact) mass is 424 g/mol. The van der Waals surface area contributed by atoms with Crippen molar-refractivity contribution in [3.05, 3.63) is 60.4 Å². The van der Waals surface area contributed by atoms with Crippen LogP contribution in [0.15, 0.2) is 54.9 Å². The quantitative estimate of drug-likeness (QED) is 0.590. The maximum absolute atomic E-state index is 11.2. The average molecular weight is 425 g/mol. The van der Waals surface area contributed by atoms with Gasteiger partial charge in [0.2, 0.25) is 0 Å². The van der Waals surface area contributed by atoms with Gasteiger partial charge in [-0.1, -0.05) is 6.07 Å². The Morgan fingerprint density at radius 3 is 2.37 bits per heavy atom. The molecule has 4 rings (SSSR count). The molecule has 2 aromatic heterocycles. The number of hydrogen-bond donors (Lipinski definition) is 1. The molecule has 0 atom stereocenters. The van der Waals surface area contributed by atoms with Crippen molar-refractivity contribution in [2.24, 2.45) is 0 Å². The van der Waals surface area contributed by atoms with E-state index in [-0.39, 0.29) is 0 Å². The standard InChI is InChI=1S/C24H33N4OP/c1-3-30(29,4-2)22-11-10-20(21-8-7-14-26-24(21)22)12-15-27-16-18-28(19-17-27)23-9-5-6-13-25-23/h5-11,13-14,29-30H,3-4,12,15-19H2,1-2H3. The normalized spacial score (nSPS) is 16.2. The SMILES string of the molecule is CC[PH](O)(CC)c1ccc(CCN2CCN(c3ccccn3)CC2)c2cccnc12. The molecule has 3 heterocycles. The molecule has 5 nitrogen and oxygen atoms in total. The first-order valence-electron chi connectivity index (χ1n) is 11.1. The molecule has 0 bridgehead atoms. The number of hydrogen-bond acceptors (Lipinski definition) is 5. The van der Waals surface area contributed by atoms with E-state index in [1.54, 1.807) is 0 Å². The van der Waals surface area contributed by atoms with Crippen molar-refractivity contribution >= 4 is 29.5 Å². The van der Waals surface area contributed by atoms with Crippen LogP contribution in [-0.4, -0.2) is 64.8 Å². The van der Waals surface area contributed by atoms with E-state index in [2.05, 4.69) is 63.9 Å². The molecule has 160 valence electrons. The van der Waals surface area contributed by atoms with Crippen LogP contribution in [0.1, 0.15) is 19.4 Å². The van der Waals surface area contributed by atoms with Crippen LogP contribution in [0.5, 0.6) is 0 Å². The molecule has 1 aliphatic heterocycles. The van der Waals surface area contributed by atoms with Crippen LogP contribution in [0.2, 0.25) is 0 Å². The van der Waals surface area contributed by atoms with Gasteiger partial charge in [-0.2, -0.15) is 0 Å². The third kappa shape index (κ3) is 4.34. The van der Waals surface area contributed by atoms with E-state index in [0.29, 0.717) is 0 Å². The summed E-state index contributed by atoms with van der Waals surface area (Å²) in [7, 11) is -2.44. The summed E-state index contributed by atoms with van der Waals surface area (Å²) in [6.45, 7) is 9.40. The Labute approximate surface area is 180 Å². The molecule has 0 aliphatic carbocycles. The van der Waals surface area contributed by atoms with Gasteiger partial charge in [0.25, 0.3) is 0 Å². The molecular weight excluding hydrogens is 391 g/mol. The fourth-order valence-corrected chi connectivity index (χ4v) is 6.77. The summed E-state index contributed by atoms with van der Waals surface area (Å²) in [5.74, 6) is 1.08. The first kappa shape index (κ1) is 21.2. The Morgan fingerprint density at radius 1 is 0.900 bits per heavy atom. The van der Waals surface area contributed by atoms with Gasteiger partial charge in [-0.15, -0.1) is 0 Å². The first-order valence-corrected chi connectivity index (χ1v) is 13.5. The molecule has 1 N–H and O–H groups in total. The van der Waals surface area contributed by atoms with Crippen LogP contribution < -0.4 is 10.2 Å². The van der Waals surface area contributed by atoms with Gasteiger partial charge < -0.3 is 0 Å². The van der Waals surface area contributed by atoms with E-state index in [4.69, 9.17) is 0 Å². The minimum atomic E-state index is -2.44. The van der Waals surface area contributed by atoms with Crippen LogP contribution in [0.4, 0.5) is 5.82 Å². The number of fused-ring (bicyclic) bond motifs is 1. The minimum absolute atomic E-state index is 0.828. The summed E-state index contributed by atoms with van der Waals surface area (Å²) >= 11 is 0. The fourth-order valence-electron chi connectivity index (χ4n) is 4.48. The van der Waals surface area contributed by atoms with Crippen molar-refractivity contribution in [1.82, 2.24) is 14.9 Å². The third-order valence-electron chi connectivity index (χ3n) is 6.57. The van der Waals surface area contributed by atoms with Crippen molar-refractivity contribution in [3.63, 3.8) is 0 Å². The summed E-state index contributed by atoms with van der Waals surface area (Å²) in [4.78, 5) is 25.3. The summed E-state index contributed by atoms with van der Waals surface area (Å²) in [5.41, 5.74) is 2.34. The summed E-state index contributed by atoms with van der Waals surface area (Å²) in [5, 5.41) is 2.30. The van der Waals surface area contributed by atoms with Crippen molar-refractivity contribution in [2.45, 2.75) is 20.3 Å². The van der Waals surface area contributed by atoms with Gasteiger partial charge in [0.15, 0.2) is 0 Å². The molecule has 1 aromatic carbocycles. The Balaban J connectivity index is 1.45. The molecule has 0 amide bonds. The van der Waals surface area contributed by atoms with E-state index in [1.807, 2.05) is 24.5 Å². The average Bonchev–Trinajstić information content (AvgIpc) is 2.83. The maximum atomic E-state index is 11.2. The molecule has 1 aliphatic rings. The van der Waals surface area contributed by atoms with E-state index < -0.39 is 7.49 Å². The van der Waals surface area contributed by atoms with Crippen LogP contribution in [-0.2, 0) is 6.42 Å². The Kier molecular flexibility index (Phi) is 6.62. The number of rotatable bonds is 7. The molecule has 30 heavy (non-hydrogen) atoms. The first-order chi connectivity index (χ1) is 14.6. The summed E-state index contributed by atoms with van der Waals surface area (Å²) < 4.78 is 0. The molecule has 6 heteroatoms. The second-order valence-electron chi connectivity index (χ2n) is 8.18. The molecule has 1 saturated heterocycles. The molecule has 0 spiro atoms. The third-order valence-corrected chi connectivity index (χ3v) is 10.3. The summed E-state index contributed by atoms with van der Waals surface area (Å²) in [6, 6.07) is 14.7. The van der Waals surface area contributed by atoms with Crippen molar-refractivity contribution in [3.8, 4) is 0 Å². The predicted octanol–water partition coefficient (Wildman–Crippen LogP) is 3.32. The van der Waals surface area contributed by atoms with Crippen LogP contribution in [0, 0.1) is 0 Å². The van der Waals surface area contributed by atoms with Gasteiger partial charge in [0.05, 0.1) is 0 Å². The second-order valence-corrected chi connectivity index (χ2v) is 12.2. The van der Waals surface area contributed by atoms with E-state index >= 15 is 0 Å². The van der Waals surface area contributed by atoms with Crippen LogP contribution in [0.3, 0.4) is 0 Å². The van der Waals surface area contributed by atoms with Crippen LogP contribution >= 0.6 is 7.49 Å². The Hall–Kier alpha value is -2.07. The number of piperazine rings is 1. The number of aromatic nitrogens is 2. The van der Waals surface area contributed by atoms with Gasteiger partial charge in [-0.05, 0) is 6.07 Å². The van der Waals surface area contributed by atoms with Gasteiger partial charge in [-0.25, -0.2) is 0 Å². The zero-order chi connectivity index (χ0) is 21.0. The second kappa shape index (κ2) is 9.38. The van der Waals surface area contributed by atoms with Gasteiger partial charge in [0, 0.05) is 6.20 Å². The Bertz CT molecular complexity index is 969.